The molecule has 1 aliphatic heterocycles. The highest BCUT2D eigenvalue weighted by atomic mass is 16.5. The van der Waals surface area contributed by atoms with Gasteiger partial charge in [0.05, 0.1) is 13.2 Å². The molecule has 31 heavy (non-hydrogen) atoms. The summed E-state index contributed by atoms with van der Waals surface area (Å²) in [7, 11) is 1.52. The normalized spacial score (nSPS) is 14.7. The number of nitrogens with zero attached hydrogens (tertiary/aromatic N) is 1. The lowest BCUT2D eigenvalue weighted by Gasteiger charge is -2.14. The highest BCUT2D eigenvalue weighted by Crippen LogP contribution is 2.30. The Bertz CT molecular complexity index is 1030. The topological polar surface area (TPSA) is 97.0 Å². The van der Waals surface area contributed by atoms with Crippen LogP contribution in [0.4, 0.5) is 10.5 Å². The fraction of sp³-hybridized carbons (Fsp3) is 0.261. The zero-order valence-corrected chi connectivity index (χ0v) is 17.9. The number of urea groups is 1. The molecule has 0 atom stereocenters. The van der Waals surface area contributed by atoms with Crippen molar-refractivity contribution in [3.63, 3.8) is 0 Å². The molecule has 8 nitrogen and oxygen atoms in total. The Hall–Kier alpha value is -3.81. The van der Waals surface area contributed by atoms with Crippen LogP contribution in [0.5, 0.6) is 11.5 Å². The summed E-state index contributed by atoms with van der Waals surface area (Å²) >= 11 is 0. The first kappa shape index (κ1) is 21.9. The van der Waals surface area contributed by atoms with Crippen LogP contribution in [0.15, 0.2) is 48.2 Å². The molecule has 1 saturated heterocycles. The quantitative estimate of drug-likeness (QED) is 0.526. The molecule has 1 fully saturated rings. The SMILES string of the molecule is COc1cc(/C=C2/NC(=O)N(CC(=O)Nc3ccc(C)cc3)C2=O)ccc1OC(C)C. The Balaban J connectivity index is 1.71. The van der Waals surface area contributed by atoms with E-state index in [0.29, 0.717) is 22.7 Å². The molecular formula is C23H25N3O5. The standard InChI is InChI=1S/C23H25N3O5/c1-14(2)31-19-10-7-16(12-20(19)30-4)11-18-22(28)26(23(29)25-18)13-21(27)24-17-8-5-15(3)6-9-17/h5-12,14H,13H2,1-4H3,(H,24,27)(H,25,29)/b18-11+. The summed E-state index contributed by atoms with van der Waals surface area (Å²) in [5, 5.41) is 5.19. The molecule has 0 saturated carbocycles. The van der Waals surface area contributed by atoms with E-state index in [2.05, 4.69) is 10.6 Å². The fourth-order valence-corrected chi connectivity index (χ4v) is 2.99. The van der Waals surface area contributed by atoms with Crippen molar-refractivity contribution < 1.29 is 23.9 Å². The van der Waals surface area contributed by atoms with Gasteiger partial charge in [0.1, 0.15) is 12.2 Å². The minimum Gasteiger partial charge on any atom is -0.493 e. The van der Waals surface area contributed by atoms with Crippen LogP contribution in [0.2, 0.25) is 0 Å². The summed E-state index contributed by atoms with van der Waals surface area (Å²) in [4.78, 5) is 38.1. The zero-order chi connectivity index (χ0) is 22.5. The van der Waals surface area contributed by atoms with Crippen LogP contribution in [-0.2, 0) is 9.59 Å². The number of hydrogen-bond acceptors (Lipinski definition) is 5. The molecule has 162 valence electrons. The monoisotopic (exact) mass is 423 g/mol. The van der Waals surface area contributed by atoms with E-state index in [4.69, 9.17) is 9.47 Å². The number of carbonyl (C=O) groups is 3. The number of amides is 4. The number of imide groups is 1. The Labute approximate surface area is 180 Å². The zero-order valence-electron chi connectivity index (χ0n) is 17.9. The number of ether oxygens (including phenoxy) is 2. The van der Waals surface area contributed by atoms with Crippen molar-refractivity contribution in [3.8, 4) is 11.5 Å². The Morgan fingerprint density at radius 1 is 1.13 bits per heavy atom. The maximum absolute atomic E-state index is 12.7. The maximum Gasteiger partial charge on any atom is 0.329 e. The van der Waals surface area contributed by atoms with E-state index >= 15 is 0 Å². The van der Waals surface area contributed by atoms with Crippen molar-refractivity contribution >= 4 is 29.6 Å². The van der Waals surface area contributed by atoms with Crippen molar-refractivity contribution in [2.24, 2.45) is 0 Å². The van der Waals surface area contributed by atoms with Crippen LogP contribution >= 0.6 is 0 Å². The Morgan fingerprint density at radius 3 is 2.48 bits per heavy atom. The van der Waals surface area contributed by atoms with Gasteiger partial charge in [-0.25, -0.2) is 9.69 Å². The largest absolute Gasteiger partial charge is 0.493 e. The second kappa shape index (κ2) is 9.34. The maximum atomic E-state index is 12.7. The first-order valence-corrected chi connectivity index (χ1v) is 9.82. The van der Waals surface area contributed by atoms with Crippen LogP contribution in [0, 0.1) is 6.92 Å². The number of rotatable bonds is 7. The van der Waals surface area contributed by atoms with Crippen LogP contribution in [0.1, 0.15) is 25.0 Å². The highest BCUT2D eigenvalue weighted by molar-refractivity contribution is 6.15. The first-order chi connectivity index (χ1) is 14.8. The summed E-state index contributed by atoms with van der Waals surface area (Å²) in [6.07, 6.45) is 1.51. The number of aryl methyl sites for hydroxylation is 1. The molecule has 4 amide bonds. The lowest BCUT2D eigenvalue weighted by Crippen LogP contribution is -2.38. The average molecular weight is 423 g/mol. The summed E-state index contributed by atoms with van der Waals surface area (Å²) < 4.78 is 11.0. The minimum absolute atomic E-state index is 0.0200. The first-order valence-electron chi connectivity index (χ1n) is 9.82. The van der Waals surface area contributed by atoms with Crippen LogP contribution in [0.25, 0.3) is 6.08 Å². The molecule has 3 rings (SSSR count). The molecule has 2 aromatic rings. The Morgan fingerprint density at radius 2 is 1.84 bits per heavy atom. The van der Waals surface area contributed by atoms with Gasteiger partial charge in [0.2, 0.25) is 5.91 Å². The molecule has 1 aliphatic rings. The summed E-state index contributed by atoms with van der Waals surface area (Å²) in [5.41, 5.74) is 2.37. The van der Waals surface area contributed by atoms with Gasteiger partial charge in [-0.1, -0.05) is 23.8 Å². The minimum atomic E-state index is -0.651. The number of benzene rings is 2. The lowest BCUT2D eigenvalue weighted by atomic mass is 10.1. The van der Waals surface area contributed by atoms with E-state index in [9.17, 15) is 14.4 Å². The molecule has 8 heteroatoms. The van der Waals surface area contributed by atoms with E-state index in [1.54, 1.807) is 30.3 Å². The van der Waals surface area contributed by atoms with Crippen LogP contribution < -0.4 is 20.1 Å². The predicted molar refractivity (Wildman–Crippen MR) is 117 cm³/mol. The van der Waals surface area contributed by atoms with Gasteiger partial charge < -0.3 is 20.1 Å². The van der Waals surface area contributed by atoms with Crippen molar-refractivity contribution in [2.45, 2.75) is 26.9 Å². The molecule has 0 spiro atoms. The van der Waals surface area contributed by atoms with Gasteiger partial charge in [0.25, 0.3) is 5.91 Å². The third-order valence-corrected chi connectivity index (χ3v) is 4.46. The van der Waals surface area contributed by atoms with Crippen molar-refractivity contribution in [1.82, 2.24) is 10.2 Å². The summed E-state index contributed by atoms with van der Waals surface area (Å²) in [6, 6.07) is 11.8. The molecule has 2 N–H and O–H groups in total. The Kier molecular flexibility index (Phi) is 6.59. The highest BCUT2D eigenvalue weighted by Gasteiger charge is 2.35. The van der Waals surface area contributed by atoms with Gasteiger partial charge >= 0.3 is 6.03 Å². The van der Waals surface area contributed by atoms with Gasteiger partial charge in [0, 0.05) is 5.69 Å². The van der Waals surface area contributed by atoms with Gasteiger partial charge in [-0.2, -0.15) is 0 Å². The number of anilines is 1. The van der Waals surface area contributed by atoms with Crippen molar-refractivity contribution in [1.29, 1.82) is 0 Å². The molecule has 0 unspecified atom stereocenters. The van der Waals surface area contributed by atoms with Gasteiger partial charge in [-0.3, -0.25) is 9.59 Å². The third kappa shape index (κ3) is 5.42. The van der Waals surface area contributed by atoms with E-state index in [0.717, 1.165) is 10.5 Å². The third-order valence-electron chi connectivity index (χ3n) is 4.46. The molecule has 2 aromatic carbocycles. The van der Waals surface area contributed by atoms with Gasteiger partial charge in [-0.15, -0.1) is 0 Å². The van der Waals surface area contributed by atoms with Crippen LogP contribution in [0.3, 0.4) is 0 Å². The van der Waals surface area contributed by atoms with Crippen molar-refractivity contribution in [3.05, 3.63) is 59.3 Å². The second-order valence-electron chi connectivity index (χ2n) is 7.37. The molecular weight excluding hydrogens is 398 g/mol. The predicted octanol–water partition coefficient (Wildman–Crippen LogP) is 3.32. The van der Waals surface area contributed by atoms with Crippen molar-refractivity contribution in [2.75, 3.05) is 19.0 Å². The number of methoxy groups -OCH3 is 1. The molecule has 0 aromatic heterocycles. The van der Waals surface area contributed by atoms with E-state index in [-0.39, 0.29) is 18.3 Å². The smallest absolute Gasteiger partial charge is 0.329 e. The molecule has 1 heterocycles. The average Bonchev–Trinajstić information content (AvgIpc) is 2.97. The summed E-state index contributed by atoms with van der Waals surface area (Å²) in [6.45, 7) is 5.37. The van der Waals surface area contributed by atoms with E-state index < -0.39 is 17.8 Å². The van der Waals surface area contributed by atoms with Crippen LogP contribution in [-0.4, -0.2) is 42.5 Å². The van der Waals surface area contributed by atoms with E-state index in [1.807, 2.05) is 32.9 Å². The van der Waals surface area contributed by atoms with Gasteiger partial charge in [-0.05, 0) is 56.7 Å². The molecule has 0 radical (unpaired) electrons. The number of carbonyl (C=O) groups excluding carboxylic acids is 3. The van der Waals surface area contributed by atoms with Gasteiger partial charge in [0.15, 0.2) is 11.5 Å². The summed E-state index contributed by atoms with van der Waals surface area (Å²) in [5.74, 6) is 0.0426. The molecule has 0 aliphatic carbocycles. The number of hydrogen-bond donors (Lipinski definition) is 2. The fourth-order valence-electron chi connectivity index (χ4n) is 2.99. The molecule has 0 bridgehead atoms. The lowest BCUT2D eigenvalue weighted by molar-refractivity contribution is -0.127. The number of nitrogens with one attached hydrogen (secondary N) is 2. The van der Waals surface area contributed by atoms with E-state index in [1.165, 1.54) is 13.2 Å². The second-order valence-corrected chi connectivity index (χ2v) is 7.37.